The third-order valence-corrected chi connectivity index (χ3v) is 2.60. The molecule has 0 aliphatic carbocycles. The van der Waals surface area contributed by atoms with Crippen molar-refractivity contribution in [2.45, 2.75) is 26.7 Å². The first-order valence-corrected chi connectivity index (χ1v) is 5.34. The first kappa shape index (κ1) is 10.8. The number of anilines is 1. The molecule has 1 aromatic carbocycles. The van der Waals surface area contributed by atoms with Crippen LogP contribution in [0.3, 0.4) is 0 Å². The van der Waals surface area contributed by atoms with Crippen molar-refractivity contribution in [2.24, 2.45) is 0 Å². The summed E-state index contributed by atoms with van der Waals surface area (Å²) in [5, 5.41) is 0.721. The maximum Gasteiger partial charge on any atom is 0.135 e. The van der Waals surface area contributed by atoms with E-state index in [2.05, 4.69) is 9.97 Å². The lowest BCUT2D eigenvalue weighted by Gasteiger charge is -2.07. The zero-order valence-electron chi connectivity index (χ0n) is 9.42. The van der Waals surface area contributed by atoms with E-state index in [0.717, 1.165) is 18.2 Å². The summed E-state index contributed by atoms with van der Waals surface area (Å²) in [6, 6.07) is 3.03. The van der Waals surface area contributed by atoms with Gasteiger partial charge in [0.2, 0.25) is 0 Å². The number of hydrogen-bond donors (Lipinski definition) is 1. The molecule has 2 rings (SSSR count). The van der Waals surface area contributed by atoms with Gasteiger partial charge in [0.05, 0.1) is 5.52 Å². The predicted octanol–water partition coefficient (Wildman–Crippen LogP) is 2.61. The SMILES string of the molecule is CCCc1nc(N)c2ccc(F)c(C)c2n1. The highest BCUT2D eigenvalue weighted by Crippen LogP contribution is 2.23. The molecule has 0 saturated carbocycles. The molecule has 1 heterocycles. The summed E-state index contributed by atoms with van der Waals surface area (Å²) in [4.78, 5) is 8.56. The number of nitrogens with two attached hydrogens (primary N) is 1. The highest BCUT2D eigenvalue weighted by atomic mass is 19.1. The van der Waals surface area contributed by atoms with Gasteiger partial charge in [0.15, 0.2) is 0 Å². The van der Waals surface area contributed by atoms with Crippen LogP contribution >= 0.6 is 0 Å². The monoisotopic (exact) mass is 219 g/mol. The van der Waals surface area contributed by atoms with E-state index in [0.29, 0.717) is 22.7 Å². The molecule has 2 aromatic rings. The predicted molar refractivity (Wildman–Crippen MR) is 62.6 cm³/mol. The Morgan fingerprint density at radius 1 is 1.31 bits per heavy atom. The van der Waals surface area contributed by atoms with Crippen LogP contribution in [0.1, 0.15) is 24.7 Å². The van der Waals surface area contributed by atoms with Gasteiger partial charge in [-0.1, -0.05) is 6.92 Å². The lowest BCUT2D eigenvalue weighted by molar-refractivity contribution is 0.620. The third-order valence-electron chi connectivity index (χ3n) is 2.60. The number of aromatic nitrogens is 2. The Kier molecular flexibility index (Phi) is 2.73. The van der Waals surface area contributed by atoms with Crippen LogP contribution in [0.2, 0.25) is 0 Å². The largest absolute Gasteiger partial charge is 0.383 e. The van der Waals surface area contributed by atoms with Gasteiger partial charge in [-0.2, -0.15) is 0 Å². The van der Waals surface area contributed by atoms with Crippen molar-refractivity contribution >= 4 is 16.7 Å². The van der Waals surface area contributed by atoms with Gasteiger partial charge in [-0.05, 0) is 25.5 Å². The molecule has 0 atom stereocenters. The molecule has 0 amide bonds. The molecule has 84 valence electrons. The van der Waals surface area contributed by atoms with Crippen LogP contribution in [0, 0.1) is 12.7 Å². The Labute approximate surface area is 93.5 Å². The topological polar surface area (TPSA) is 51.8 Å². The number of halogens is 1. The van der Waals surface area contributed by atoms with Crippen molar-refractivity contribution in [2.75, 3.05) is 5.73 Å². The maximum atomic E-state index is 13.4. The summed E-state index contributed by atoms with van der Waals surface area (Å²) < 4.78 is 13.4. The van der Waals surface area contributed by atoms with Crippen LogP contribution in [0.5, 0.6) is 0 Å². The Balaban J connectivity index is 2.73. The summed E-state index contributed by atoms with van der Waals surface area (Å²) in [5.74, 6) is 0.853. The maximum absolute atomic E-state index is 13.4. The normalized spacial score (nSPS) is 10.9. The van der Waals surface area contributed by atoms with Gasteiger partial charge in [0, 0.05) is 17.4 Å². The van der Waals surface area contributed by atoms with E-state index in [1.54, 1.807) is 13.0 Å². The molecular formula is C12H14FN3. The summed E-state index contributed by atoms with van der Waals surface area (Å²) >= 11 is 0. The second kappa shape index (κ2) is 4.04. The molecule has 16 heavy (non-hydrogen) atoms. The minimum atomic E-state index is -0.256. The van der Waals surface area contributed by atoms with E-state index >= 15 is 0 Å². The molecule has 0 fully saturated rings. The van der Waals surface area contributed by atoms with Gasteiger partial charge in [0.1, 0.15) is 17.5 Å². The molecule has 0 unspecified atom stereocenters. The first-order chi connectivity index (χ1) is 7.63. The summed E-state index contributed by atoms with van der Waals surface area (Å²) in [6.45, 7) is 3.75. The average molecular weight is 219 g/mol. The first-order valence-electron chi connectivity index (χ1n) is 5.34. The Morgan fingerprint density at radius 2 is 2.06 bits per heavy atom. The summed E-state index contributed by atoms with van der Waals surface area (Å²) in [6.07, 6.45) is 1.70. The molecule has 0 aliphatic rings. The van der Waals surface area contributed by atoms with E-state index in [1.807, 2.05) is 6.92 Å². The van der Waals surface area contributed by atoms with Crippen molar-refractivity contribution in [1.82, 2.24) is 9.97 Å². The minimum absolute atomic E-state index is 0.256. The number of hydrogen-bond acceptors (Lipinski definition) is 3. The van der Waals surface area contributed by atoms with Crippen LogP contribution in [0.25, 0.3) is 10.9 Å². The van der Waals surface area contributed by atoms with Crippen LogP contribution < -0.4 is 5.73 Å². The highest BCUT2D eigenvalue weighted by molar-refractivity contribution is 5.90. The smallest absolute Gasteiger partial charge is 0.135 e. The summed E-state index contributed by atoms with van der Waals surface area (Å²) in [5.41, 5.74) is 6.99. The zero-order valence-corrected chi connectivity index (χ0v) is 9.42. The van der Waals surface area contributed by atoms with Crippen molar-refractivity contribution in [1.29, 1.82) is 0 Å². The van der Waals surface area contributed by atoms with Gasteiger partial charge in [-0.3, -0.25) is 0 Å². The van der Waals surface area contributed by atoms with Gasteiger partial charge in [-0.25, -0.2) is 14.4 Å². The van der Waals surface area contributed by atoms with Crippen molar-refractivity contribution < 1.29 is 4.39 Å². The van der Waals surface area contributed by atoms with Crippen LogP contribution in [-0.2, 0) is 6.42 Å². The fourth-order valence-corrected chi connectivity index (χ4v) is 1.72. The van der Waals surface area contributed by atoms with Crippen molar-refractivity contribution in [3.8, 4) is 0 Å². The van der Waals surface area contributed by atoms with Crippen molar-refractivity contribution in [3.05, 3.63) is 29.3 Å². The van der Waals surface area contributed by atoms with Gasteiger partial charge >= 0.3 is 0 Å². The lowest BCUT2D eigenvalue weighted by atomic mass is 10.1. The number of fused-ring (bicyclic) bond motifs is 1. The Bertz CT molecular complexity index is 537. The van der Waals surface area contributed by atoms with E-state index in [-0.39, 0.29) is 5.82 Å². The fraction of sp³-hybridized carbons (Fsp3) is 0.333. The van der Waals surface area contributed by atoms with E-state index in [9.17, 15) is 4.39 Å². The quantitative estimate of drug-likeness (QED) is 0.844. The molecule has 4 heteroatoms. The molecule has 2 N–H and O–H groups in total. The number of rotatable bonds is 2. The van der Waals surface area contributed by atoms with Gasteiger partial charge < -0.3 is 5.73 Å². The van der Waals surface area contributed by atoms with E-state index in [1.165, 1.54) is 6.07 Å². The molecule has 0 aliphatic heterocycles. The average Bonchev–Trinajstić information content (AvgIpc) is 2.25. The summed E-state index contributed by atoms with van der Waals surface area (Å²) in [7, 11) is 0. The number of benzene rings is 1. The lowest BCUT2D eigenvalue weighted by Crippen LogP contribution is -2.02. The number of nitrogens with zero attached hydrogens (tertiary/aromatic N) is 2. The van der Waals surface area contributed by atoms with E-state index in [4.69, 9.17) is 5.73 Å². The molecule has 0 saturated heterocycles. The Hall–Kier alpha value is -1.71. The fourth-order valence-electron chi connectivity index (χ4n) is 1.72. The minimum Gasteiger partial charge on any atom is -0.383 e. The number of aryl methyl sites for hydroxylation is 2. The third kappa shape index (κ3) is 1.71. The van der Waals surface area contributed by atoms with Gasteiger partial charge in [0.25, 0.3) is 0 Å². The molecule has 0 bridgehead atoms. The van der Waals surface area contributed by atoms with Crippen molar-refractivity contribution in [3.63, 3.8) is 0 Å². The molecular weight excluding hydrogens is 205 g/mol. The van der Waals surface area contributed by atoms with Crippen LogP contribution in [-0.4, -0.2) is 9.97 Å². The Morgan fingerprint density at radius 3 is 2.75 bits per heavy atom. The number of nitrogen functional groups attached to an aromatic ring is 1. The molecule has 0 spiro atoms. The van der Waals surface area contributed by atoms with E-state index < -0.39 is 0 Å². The second-order valence-corrected chi connectivity index (χ2v) is 3.84. The van der Waals surface area contributed by atoms with Crippen LogP contribution in [0.15, 0.2) is 12.1 Å². The standard InChI is InChI=1S/C12H14FN3/c1-3-4-10-15-11-7(2)9(13)6-5-8(11)12(14)16-10/h5-6H,3-4H2,1-2H3,(H2,14,15,16). The molecule has 3 nitrogen and oxygen atoms in total. The second-order valence-electron chi connectivity index (χ2n) is 3.84. The highest BCUT2D eigenvalue weighted by Gasteiger charge is 2.09. The molecule has 0 radical (unpaired) electrons. The molecule has 1 aromatic heterocycles. The van der Waals surface area contributed by atoms with Gasteiger partial charge in [-0.15, -0.1) is 0 Å². The van der Waals surface area contributed by atoms with Crippen LogP contribution in [0.4, 0.5) is 10.2 Å². The zero-order chi connectivity index (χ0) is 11.7.